The molecule has 34 heavy (non-hydrogen) atoms. The van der Waals surface area contributed by atoms with Crippen molar-refractivity contribution < 1.29 is 28.6 Å². The van der Waals surface area contributed by atoms with E-state index in [2.05, 4.69) is 16.0 Å². The highest BCUT2D eigenvalue weighted by molar-refractivity contribution is 5.92. The molecule has 0 atom stereocenters. The van der Waals surface area contributed by atoms with Gasteiger partial charge >= 0.3 is 6.09 Å². The highest BCUT2D eigenvalue weighted by Crippen LogP contribution is 2.27. The van der Waals surface area contributed by atoms with E-state index in [1.54, 1.807) is 65.3 Å². The molecule has 0 aliphatic rings. The van der Waals surface area contributed by atoms with E-state index in [9.17, 15) is 14.4 Å². The van der Waals surface area contributed by atoms with Crippen LogP contribution in [0.4, 0.5) is 10.5 Å². The average Bonchev–Trinajstić information content (AvgIpc) is 2.76. The van der Waals surface area contributed by atoms with E-state index in [0.29, 0.717) is 23.7 Å². The molecule has 2 rings (SSSR count). The van der Waals surface area contributed by atoms with Gasteiger partial charge in [-0.1, -0.05) is 18.2 Å². The lowest BCUT2D eigenvalue weighted by Crippen LogP contribution is -2.35. The summed E-state index contributed by atoms with van der Waals surface area (Å²) in [5, 5.41) is 8.21. The molecule has 0 aliphatic heterocycles. The second kappa shape index (κ2) is 12.5. The number of amides is 3. The minimum Gasteiger partial charge on any atom is -0.493 e. The summed E-state index contributed by atoms with van der Waals surface area (Å²) in [4.78, 5) is 36.1. The first-order valence-corrected chi connectivity index (χ1v) is 10.9. The van der Waals surface area contributed by atoms with Crippen LogP contribution < -0.4 is 25.4 Å². The number of anilines is 1. The lowest BCUT2D eigenvalue weighted by atomic mass is 10.1. The van der Waals surface area contributed by atoms with Crippen molar-refractivity contribution in [3.63, 3.8) is 0 Å². The smallest absolute Gasteiger partial charge is 0.407 e. The maximum Gasteiger partial charge on any atom is 0.407 e. The van der Waals surface area contributed by atoms with Gasteiger partial charge in [0.2, 0.25) is 11.8 Å². The fourth-order valence-electron chi connectivity index (χ4n) is 3.02. The fourth-order valence-corrected chi connectivity index (χ4v) is 3.02. The number of rotatable bonds is 10. The fraction of sp³-hybridized carbons (Fsp3) is 0.400. The molecule has 0 saturated carbocycles. The quantitative estimate of drug-likeness (QED) is 0.489. The van der Waals surface area contributed by atoms with Crippen LogP contribution >= 0.6 is 0 Å². The summed E-state index contributed by atoms with van der Waals surface area (Å²) in [6.07, 6.45) is -0.260. The molecule has 9 nitrogen and oxygen atoms in total. The van der Waals surface area contributed by atoms with E-state index in [-0.39, 0.29) is 31.2 Å². The van der Waals surface area contributed by atoms with Gasteiger partial charge in [0, 0.05) is 25.2 Å². The predicted molar refractivity (Wildman–Crippen MR) is 129 cm³/mol. The van der Waals surface area contributed by atoms with Crippen molar-refractivity contribution in [2.24, 2.45) is 0 Å². The zero-order valence-corrected chi connectivity index (χ0v) is 20.3. The zero-order valence-electron chi connectivity index (χ0n) is 20.3. The summed E-state index contributed by atoms with van der Waals surface area (Å²) in [5.74, 6) is 0.773. The van der Waals surface area contributed by atoms with E-state index in [1.165, 1.54) is 0 Å². The number of carbonyl (C=O) groups is 3. The van der Waals surface area contributed by atoms with Crippen molar-refractivity contribution in [2.75, 3.05) is 26.1 Å². The number of alkyl carbamates (subject to hydrolysis) is 1. The van der Waals surface area contributed by atoms with Crippen LogP contribution in [0, 0.1) is 0 Å². The van der Waals surface area contributed by atoms with Crippen molar-refractivity contribution in [3.8, 4) is 11.5 Å². The third-order valence-corrected chi connectivity index (χ3v) is 4.53. The van der Waals surface area contributed by atoms with Gasteiger partial charge in [-0.3, -0.25) is 9.59 Å². The molecule has 0 unspecified atom stereocenters. The second-order valence-corrected chi connectivity index (χ2v) is 8.57. The molecular formula is C25H33N3O6. The summed E-state index contributed by atoms with van der Waals surface area (Å²) in [6, 6.07) is 12.6. The van der Waals surface area contributed by atoms with Gasteiger partial charge in [-0.2, -0.15) is 0 Å². The van der Waals surface area contributed by atoms with Crippen molar-refractivity contribution in [3.05, 3.63) is 53.6 Å². The Morgan fingerprint density at radius 2 is 1.59 bits per heavy atom. The first kappa shape index (κ1) is 26.5. The van der Waals surface area contributed by atoms with Gasteiger partial charge in [-0.05, 0) is 56.2 Å². The SMILES string of the molecule is COc1ccc(CC(=O)Nc2cccc(CNC(=O)CCNC(=O)OC(C)(C)C)c2)cc1OC. The summed E-state index contributed by atoms with van der Waals surface area (Å²) < 4.78 is 15.6. The molecular weight excluding hydrogens is 438 g/mol. The lowest BCUT2D eigenvalue weighted by molar-refractivity contribution is -0.121. The first-order valence-electron chi connectivity index (χ1n) is 10.9. The van der Waals surface area contributed by atoms with Gasteiger partial charge in [0.05, 0.1) is 20.6 Å². The molecule has 0 aliphatic carbocycles. The van der Waals surface area contributed by atoms with Gasteiger partial charge < -0.3 is 30.2 Å². The van der Waals surface area contributed by atoms with Gasteiger partial charge in [0.25, 0.3) is 0 Å². The van der Waals surface area contributed by atoms with Crippen LogP contribution in [0.1, 0.15) is 38.3 Å². The van der Waals surface area contributed by atoms with E-state index < -0.39 is 11.7 Å². The van der Waals surface area contributed by atoms with Crippen molar-refractivity contribution >= 4 is 23.6 Å². The molecule has 2 aromatic carbocycles. The minimum atomic E-state index is -0.589. The Balaban J connectivity index is 1.80. The van der Waals surface area contributed by atoms with Crippen LogP contribution in [-0.4, -0.2) is 44.3 Å². The standard InChI is InChI=1S/C25H33N3O6/c1-25(2,3)34-24(31)26-12-11-22(29)27-16-18-7-6-8-19(13-18)28-23(30)15-17-9-10-20(32-4)21(14-17)33-5/h6-10,13-14H,11-12,15-16H2,1-5H3,(H,26,31)(H,27,29)(H,28,30). The number of hydrogen-bond acceptors (Lipinski definition) is 6. The van der Waals surface area contributed by atoms with Gasteiger partial charge in [-0.15, -0.1) is 0 Å². The topological polar surface area (TPSA) is 115 Å². The van der Waals surface area contributed by atoms with Crippen LogP contribution in [0.2, 0.25) is 0 Å². The Morgan fingerprint density at radius 1 is 0.853 bits per heavy atom. The molecule has 2 aromatic rings. The minimum absolute atomic E-state index is 0.126. The normalized spacial score (nSPS) is 10.7. The predicted octanol–water partition coefficient (Wildman–Crippen LogP) is 3.42. The number of nitrogens with one attached hydrogen (secondary N) is 3. The second-order valence-electron chi connectivity index (χ2n) is 8.57. The lowest BCUT2D eigenvalue weighted by Gasteiger charge is -2.19. The highest BCUT2D eigenvalue weighted by atomic mass is 16.6. The van der Waals surface area contributed by atoms with Gasteiger partial charge in [-0.25, -0.2) is 4.79 Å². The Labute approximate surface area is 200 Å². The number of ether oxygens (including phenoxy) is 3. The average molecular weight is 472 g/mol. The molecule has 9 heteroatoms. The molecule has 3 N–H and O–H groups in total. The maximum atomic E-state index is 12.5. The molecule has 0 heterocycles. The van der Waals surface area contributed by atoms with Crippen molar-refractivity contribution in [1.82, 2.24) is 10.6 Å². The monoisotopic (exact) mass is 471 g/mol. The molecule has 3 amide bonds. The Bertz CT molecular complexity index is 1000. The van der Waals surface area contributed by atoms with Crippen LogP contribution in [0.25, 0.3) is 0 Å². The number of hydrogen-bond donors (Lipinski definition) is 3. The first-order chi connectivity index (χ1) is 16.1. The third kappa shape index (κ3) is 9.40. The number of benzene rings is 2. The molecule has 0 spiro atoms. The van der Waals surface area contributed by atoms with Crippen LogP contribution in [0.5, 0.6) is 11.5 Å². The van der Waals surface area contributed by atoms with E-state index in [1.807, 2.05) is 12.1 Å². The Morgan fingerprint density at radius 3 is 2.26 bits per heavy atom. The van der Waals surface area contributed by atoms with Crippen LogP contribution in [-0.2, 0) is 27.3 Å². The highest BCUT2D eigenvalue weighted by Gasteiger charge is 2.16. The van der Waals surface area contributed by atoms with Crippen molar-refractivity contribution in [1.29, 1.82) is 0 Å². The molecule has 0 fully saturated rings. The van der Waals surface area contributed by atoms with E-state index in [4.69, 9.17) is 14.2 Å². The third-order valence-electron chi connectivity index (χ3n) is 4.53. The van der Waals surface area contributed by atoms with E-state index in [0.717, 1.165) is 11.1 Å². The molecule has 0 radical (unpaired) electrons. The maximum absolute atomic E-state index is 12.5. The molecule has 0 bridgehead atoms. The van der Waals surface area contributed by atoms with Gasteiger partial charge in [0.15, 0.2) is 11.5 Å². The van der Waals surface area contributed by atoms with Gasteiger partial charge in [0.1, 0.15) is 5.60 Å². The molecule has 0 aromatic heterocycles. The van der Waals surface area contributed by atoms with Crippen molar-refractivity contribution in [2.45, 2.75) is 45.8 Å². The Kier molecular flexibility index (Phi) is 9.73. The van der Waals surface area contributed by atoms with Crippen LogP contribution in [0.3, 0.4) is 0 Å². The summed E-state index contributed by atoms with van der Waals surface area (Å²) in [7, 11) is 3.10. The summed E-state index contributed by atoms with van der Waals surface area (Å²) in [6.45, 7) is 5.78. The number of carbonyl (C=O) groups excluding carboxylic acids is 3. The van der Waals surface area contributed by atoms with Crippen LogP contribution in [0.15, 0.2) is 42.5 Å². The Hall–Kier alpha value is -3.75. The summed E-state index contributed by atoms with van der Waals surface area (Å²) in [5.41, 5.74) is 1.66. The zero-order chi connectivity index (χ0) is 25.1. The molecule has 184 valence electrons. The number of methoxy groups -OCH3 is 2. The molecule has 0 saturated heterocycles. The van der Waals surface area contributed by atoms with E-state index >= 15 is 0 Å². The summed E-state index contributed by atoms with van der Waals surface area (Å²) >= 11 is 0. The largest absolute Gasteiger partial charge is 0.493 e.